The molecule has 1 nitrogen and oxygen atoms in total. The number of hydrogen-bond donors (Lipinski definition) is 1. The van der Waals surface area contributed by atoms with Crippen molar-refractivity contribution in [2.75, 3.05) is 0 Å². The van der Waals surface area contributed by atoms with Crippen LogP contribution < -0.4 is 5.32 Å². The summed E-state index contributed by atoms with van der Waals surface area (Å²) in [7, 11) is 0. The Hall–Kier alpha value is 0.320. The van der Waals surface area contributed by atoms with Crippen LogP contribution in [0.3, 0.4) is 0 Å². The largest absolute Gasteiger partial charge is 0.305 e. The normalized spacial score (nSPS) is 12.7. The molecule has 1 aromatic carbocycles. The second-order valence-electron chi connectivity index (χ2n) is 3.96. The first kappa shape index (κ1) is 14.7. The Labute approximate surface area is 136 Å². The Balaban J connectivity index is 2.00. The zero-order valence-electron chi connectivity index (χ0n) is 9.71. The van der Waals surface area contributed by atoms with Crippen molar-refractivity contribution >= 4 is 59.1 Å². The van der Waals surface area contributed by atoms with Gasteiger partial charge in [-0.25, -0.2) is 0 Å². The fourth-order valence-corrected chi connectivity index (χ4v) is 4.42. The highest BCUT2D eigenvalue weighted by molar-refractivity contribution is 9.13. The molecule has 0 saturated carbocycles. The van der Waals surface area contributed by atoms with Crippen molar-refractivity contribution < 1.29 is 0 Å². The topological polar surface area (TPSA) is 12.0 Å². The molecule has 0 aliphatic heterocycles. The lowest BCUT2D eigenvalue weighted by molar-refractivity contribution is 0.577. The van der Waals surface area contributed by atoms with Gasteiger partial charge in [0.15, 0.2) is 0 Å². The lowest BCUT2D eigenvalue weighted by atomic mass is 10.1. The van der Waals surface area contributed by atoms with Crippen molar-refractivity contribution in [1.82, 2.24) is 5.32 Å². The molecule has 2 rings (SSSR count). The highest BCUT2D eigenvalue weighted by Gasteiger charge is 2.09. The highest BCUT2D eigenvalue weighted by Crippen LogP contribution is 2.32. The van der Waals surface area contributed by atoms with E-state index in [0.29, 0.717) is 6.04 Å². The van der Waals surface area contributed by atoms with E-state index < -0.39 is 0 Å². The quantitative estimate of drug-likeness (QED) is 0.609. The van der Waals surface area contributed by atoms with Crippen molar-refractivity contribution in [1.29, 1.82) is 0 Å². The average Bonchev–Trinajstić information content (AvgIpc) is 2.66. The molecule has 0 spiro atoms. The van der Waals surface area contributed by atoms with Crippen LogP contribution in [0.15, 0.2) is 43.1 Å². The summed E-state index contributed by atoms with van der Waals surface area (Å²) in [6.45, 7) is 3.05. The Bertz CT molecular complexity index is 519. The van der Waals surface area contributed by atoms with Crippen molar-refractivity contribution in [3.8, 4) is 0 Å². The van der Waals surface area contributed by atoms with Gasteiger partial charge in [-0.05, 0) is 56.5 Å². The molecule has 2 aromatic rings. The molecule has 1 N–H and O–H groups in total. The number of nitrogens with one attached hydrogen (secondary N) is 1. The molecule has 96 valence electrons. The summed E-state index contributed by atoms with van der Waals surface area (Å²) in [6.07, 6.45) is 0. The lowest BCUT2D eigenvalue weighted by Gasteiger charge is -2.15. The Morgan fingerprint density at radius 2 is 1.89 bits per heavy atom. The van der Waals surface area contributed by atoms with E-state index in [1.807, 2.05) is 6.07 Å². The third-order valence-electron chi connectivity index (χ3n) is 2.65. The lowest BCUT2D eigenvalue weighted by Crippen LogP contribution is -2.17. The van der Waals surface area contributed by atoms with Crippen molar-refractivity contribution in [3.63, 3.8) is 0 Å². The van der Waals surface area contributed by atoms with E-state index in [9.17, 15) is 0 Å². The van der Waals surface area contributed by atoms with Gasteiger partial charge in [0.25, 0.3) is 0 Å². The van der Waals surface area contributed by atoms with Gasteiger partial charge >= 0.3 is 0 Å². The molecule has 0 unspecified atom stereocenters. The van der Waals surface area contributed by atoms with E-state index in [1.54, 1.807) is 11.3 Å². The molecular weight excluding hydrogens is 442 g/mol. The van der Waals surface area contributed by atoms with Gasteiger partial charge in [-0.1, -0.05) is 34.1 Å². The molecule has 1 atom stereocenters. The van der Waals surface area contributed by atoms with Crippen LogP contribution in [0.1, 0.15) is 23.4 Å². The smallest absolute Gasteiger partial charge is 0.0843 e. The summed E-state index contributed by atoms with van der Waals surface area (Å²) in [5.41, 5.74) is 1.28. The maximum atomic E-state index is 3.59. The van der Waals surface area contributed by atoms with Crippen molar-refractivity contribution in [3.05, 3.63) is 53.5 Å². The maximum Gasteiger partial charge on any atom is 0.0843 e. The fraction of sp³-hybridized carbons (Fsp3) is 0.231. The first-order chi connectivity index (χ1) is 8.58. The molecule has 0 aliphatic rings. The minimum absolute atomic E-state index is 0.320. The summed E-state index contributed by atoms with van der Waals surface area (Å²) in [4.78, 5) is 1.31. The maximum absolute atomic E-state index is 3.59. The van der Waals surface area contributed by atoms with Gasteiger partial charge in [0.05, 0.1) is 3.79 Å². The molecule has 0 saturated heterocycles. The number of halogens is 3. The highest BCUT2D eigenvalue weighted by atomic mass is 79.9. The van der Waals surface area contributed by atoms with Crippen LogP contribution in [-0.2, 0) is 6.54 Å². The predicted octanol–water partition coefficient (Wildman–Crippen LogP) is 5.89. The molecule has 1 aromatic heterocycles. The standard InChI is InChI=1S/C13H12Br3NS/c1-8(10-4-2-3-5-11(10)14)17-7-9-6-12(15)13(16)18-9/h2-6,8,17H,7H2,1H3/t8-/m0/s1. The van der Waals surface area contributed by atoms with Gasteiger partial charge < -0.3 is 5.32 Å². The van der Waals surface area contributed by atoms with E-state index in [4.69, 9.17) is 0 Å². The van der Waals surface area contributed by atoms with Crippen LogP contribution in [0, 0.1) is 0 Å². The monoisotopic (exact) mass is 451 g/mol. The van der Waals surface area contributed by atoms with E-state index in [-0.39, 0.29) is 0 Å². The van der Waals surface area contributed by atoms with Gasteiger partial charge in [-0.2, -0.15) is 0 Å². The third kappa shape index (κ3) is 3.67. The third-order valence-corrected chi connectivity index (χ3v) is 6.63. The van der Waals surface area contributed by atoms with Crippen LogP contribution in [0.5, 0.6) is 0 Å². The summed E-state index contributed by atoms with van der Waals surface area (Å²) in [5, 5.41) is 3.54. The molecule has 0 amide bonds. The number of rotatable bonds is 4. The zero-order valence-corrected chi connectivity index (χ0v) is 15.3. The summed E-state index contributed by atoms with van der Waals surface area (Å²) >= 11 is 12.4. The average molecular weight is 454 g/mol. The minimum Gasteiger partial charge on any atom is -0.305 e. The van der Waals surface area contributed by atoms with E-state index in [2.05, 4.69) is 84.3 Å². The first-order valence-electron chi connectivity index (χ1n) is 5.49. The van der Waals surface area contributed by atoms with Gasteiger partial charge in [0, 0.05) is 26.4 Å². The van der Waals surface area contributed by atoms with Crippen LogP contribution in [-0.4, -0.2) is 0 Å². The Kier molecular flexibility index (Phi) is 5.45. The summed E-state index contributed by atoms with van der Waals surface area (Å²) in [6, 6.07) is 10.8. The molecule has 18 heavy (non-hydrogen) atoms. The fourth-order valence-electron chi connectivity index (χ4n) is 1.67. The summed E-state index contributed by atoms with van der Waals surface area (Å²) < 4.78 is 3.42. The molecule has 0 radical (unpaired) electrons. The molecular formula is C13H12Br3NS. The van der Waals surface area contributed by atoms with Gasteiger partial charge in [-0.15, -0.1) is 11.3 Å². The second-order valence-corrected chi connectivity index (χ2v) is 8.12. The van der Waals surface area contributed by atoms with Crippen molar-refractivity contribution in [2.24, 2.45) is 0 Å². The molecule has 0 bridgehead atoms. The zero-order chi connectivity index (χ0) is 13.1. The predicted molar refractivity (Wildman–Crippen MR) is 89.1 cm³/mol. The molecule has 1 heterocycles. The SMILES string of the molecule is C[C@H](NCc1cc(Br)c(Br)s1)c1ccccc1Br. The molecule has 0 aliphatic carbocycles. The van der Waals surface area contributed by atoms with Crippen LogP contribution >= 0.6 is 59.1 Å². The number of benzene rings is 1. The van der Waals surface area contributed by atoms with Crippen LogP contribution in [0.2, 0.25) is 0 Å². The number of thiophene rings is 1. The Morgan fingerprint density at radius 3 is 2.50 bits per heavy atom. The minimum atomic E-state index is 0.320. The Morgan fingerprint density at radius 1 is 1.17 bits per heavy atom. The van der Waals surface area contributed by atoms with Crippen molar-refractivity contribution in [2.45, 2.75) is 19.5 Å². The van der Waals surface area contributed by atoms with Gasteiger partial charge in [0.1, 0.15) is 0 Å². The van der Waals surface area contributed by atoms with E-state index in [0.717, 1.165) is 19.3 Å². The first-order valence-corrected chi connectivity index (χ1v) is 8.69. The van der Waals surface area contributed by atoms with E-state index >= 15 is 0 Å². The molecule has 0 fully saturated rings. The van der Waals surface area contributed by atoms with Gasteiger partial charge in [-0.3, -0.25) is 0 Å². The second kappa shape index (κ2) is 6.66. The molecule has 5 heteroatoms. The van der Waals surface area contributed by atoms with Crippen LogP contribution in [0.4, 0.5) is 0 Å². The van der Waals surface area contributed by atoms with Gasteiger partial charge in [0.2, 0.25) is 0 Å². The van der Waals surface area contributed by atoms with Crippen LogP contribution in [0.25, 0.3) is 0 Å². The summed E-state index contributed by atoms with van der Waals surface area (Å²) in [5.74, 6) is 0. The van der Waals surface area contributed by atoms with E-state index in [1.165, 1.54) is 10.4 Å². The number of hydrogen-bond acceptors (Lipinski definition) is 2.